The lowest BCUT2D eigenvalue weighted by atomic mass is 9.76. The maximum Gasteiger partial charge on any atom is 0.0701 e. The van der Waals surface area contributed by atoms with Crippen LogP contribution in [0, 0.1) is 11.3 Å². The zero-order valence-electron chi connectivity index (χ0n) is 12.2. The lowest BCUT2D eigenvalue weighted by molar-refractivity contribution is 0.0233. The molecule has 1 aliphatic carbocycles. The third-order valence-corrected chi connectivity index (χ3v) is 6.13. The van der Waals surface area contributed by atoms with E-state index in [2.05, 4.69) is 48.8 Å². The Morgan fingerprint density at radius 2 is 2.05 bits per heavy atom. The smallest absolute Gasteiger partial charge is 0.0701 e. The maximum absolute atomic E-state index is 10.9. The quantitative estimate of drug-likeness (QED) is 0.711. The van der Waals surface area contributed by atoms with Crippen LogP contribution in [0.25, 0.3) is 0 Å². The van der Waals surface area contributed by atoms with E-state index in [1.54, 1.807) is 11.3 Å². The van der Waals surface area contributed by atoms with E-state index < -0.39 is 5.60 Å². The van der Waals surface area contributed by atoms with Crippen LogP contribution in [-0.2, 0) is 6.42 Å². The lowest BCUT2D eigenvalue weighted by Crippen LogP contribution is -2.30. The SMILES string of the molecule is CC(C)(C)C1CCCC(O)(Cc2ccc(Br)s2)CC1. The van der Waals surface area contributed by atoms with Gasteiger partial charge in [0.05, 0.1) is 9.39 Å². The molecule has 1 nitrogen and oxygen atoms in total. The van der Waals surface area contributed by atoms with Gasteiger partial charge >= 0.3 is 0 Å². The molecule has 0 spiro atoms. The first-order chi connectivity index (χ1) is 8.78. The van der Waals surface area contributed by atoms with Crippen LogP contribution in [0.2, 0.25) is 0 Å². The molecule has 3 heteroatoms. The van der Waals surface area contributed by atoms with Crippen LogP contribution in [0.15, 0.2) is 15.9 Å². The molecule has 0 radical (unpaired) electrons. The Bertz CT molecular complexity index is 421. The summed E-state index contributed by atoms with van der Waals surface area (Å²) in [6, 6.07) is 4.22. The first-order valence-electron chi connectivity index (χ1n) is 7.25. The van der Waals surface area contributed by atoms with Crippen molar-refractivity contribution in [2.75, 3.05) is 0 Å². The van der Waals surface area contributed by atoms with Crippen molar-refractivity contribution in [1.82, 2.24) is 0 Å². The fraction of sp³-hybridized carbons (Fsp3) is 0.750. The van der Waals surface area contributed by atoms with Crippen molar-refractivity contribution in [2.45, 2.75) is 64.9 Å². The second kappa shape index (κ2) is 5.87. The predicted octanol–water partition coefficient (Wildman–Crippen LogP) is 5.41. The van der Waals surface area contributed by atoms with E-state index >= 15 is 0 Å². The van der Waals surface area contributed by atoms with Gasteiger partial charge in [-0.05, 0) is 65.1 Å². The first kappa shape index (κ1) is 15.5. The van der Waals surface area contributed by atoms with Gasteiger partial charge in [0, 0.05) is 11.3 Å². The van der Waals surface area contributed by atoms with Crippen molar-refractivity contribution < 1.29 is 5.11 Å². The zero-order chi connectivity index (χ0) is 14.1. The molecule has 19 heavy (non-hydrogen) atoms. The Labute approximate surface area is 129 Å². The van der Waals surface area contributed by atoms with Gasteiger partial charge in [-0.3, -0.25) is 0 Å². The van der Waals surface area contributed by atoms with Crippen molar-refractivity contribution in [3.8, 4) is 0 Å². The Balaban J connectivity index is 2.01. The summed E-state index contributed by atoms with van der Waals surface area (Å²) in [4.78, 5) is 1.29. The Kier molecular flexibility index (Phi) is 4.79. The summed E-state index contributed by atoms with van der Waals surface area (Å²) >= 11 is 5.25. The van der Waals surface area contributed by atoms with Crippen LogP contribution in [0.5, 0.6) is 0 Å². The van der Waals surface area contributed by atoms with Crippen LogP contribution >= 0.6 is 27.3 Å². The lowest BCUT2D eigenvalue weighted by Gasteiger charge is -2.31. The molecule has 2 unspecified atom stereocenters. The van der Waals surface area contributed by atoms with Gasteiger partial charge in [-0.15, -0.1) is 11.3 Å². The molecule has 2 rings (SSSR count). The van der Waals surface area contributed by atoms with Crippen LogP contribution in [0.3, 0.4) is 0 Å². The third-order valence-electron chi connectivity index (χ3n) is 4.51. The van der Waals surface area contributed by atoms with Crippen molar-refractivity contribution in [3.63, 3.8) is 0 Å². The van der Waals surface area contributed by atoms with E-state index in [4.69, 9.17) is 0 Å². The molecule has 0 bridgehead atoms. The highest BCUT2D eigenvalue weighted by Crippen LogP contribution is 2.41. The van der Waals surface area contributed by atoms with Crippen molar-refractivity contribution in [1.29, 1.82) is 0 Å². The summed E-state index contributed by atoms with van der Waals surface area (Å²) in [6.45, 7) is 7.00. The van der Waals surface area contributed by atoms with Crippen LogP contribution in [-0.4, -0.2) is 10.7 Å². The number of rotatable bonds is 2. The molecule has 0 aliphatic heterocycles. The van der Waals surface area contributed by atoms with E-state index in [1.165, 1.54) is 11.3 Å². The van der Waals surface area contributed by atoms with Gasteiger partial charge in [0.2, 0.25) is 0 Å². The van der Waals surface area contributed by atoms with E-state index in [1.807, 2.05) is 0 Å². The highest BCUT2D eigenvalue weighted by atomic mass is 79.9. The monoisotopic (exact) mass is 344 g/mol. The van der Waals surface area contributed by atoms with E-state index in [0.717, 1.165) is 41.8 Å². The second-order valence-electron chi connectivity index (χ2n) is 7.10. The third kappa shape index (κ3) is 4.30. The highest BCUT2D eigenvalue weighted by molar-refractivity contribution is 9.11. The molecular formula is C16H25BrOS. The predicted molar refractivity (Wildman–Crippen MR) is 86.7 cm³/mol. The number of hydrogen-bond acceptors (Lipinski definition) is 2. The second-order valence-corrected chi connectivity index (χ2v) is 9.65. The Hall–Kier alpha value is 0.140. The molecule has 108 valence electrons. The van der Waals surface area contributed by atoms with Crippen molar-refractivity contribution in [3.05, 3.63) is 20.8 Å². The number of halogens is 1. The summed E-state index contributed by atoms with van der Waals surface area (Å²) in [5.74, 6) is 0.747. The number of thiophene rings is 1. The molecule has 2 atom stereocenters. The molecule has 1 aromatic heterocycles. The first-order valence-corrected chi connectivity index (χ1v) is 8.86. The van der Waals surface area contributed by atoms with Crippen LogP contribution in [0.1, 0.15) is 57.8 Å². The number of hydrogen-bond donors (Lipinski definition) is 1. The summed E-state index contributed by atoms with van der Waals surface area (Å²) in [5.41, 5.74) is -0.110. The Morgan fingerprint density at radius 3 is 2.63 bits per heavy atom. The highest BCUT2D eigenvalue weighted by Gasteiger charge is 2.35. The number of aliphatic hydroxyl groups is 1. The minimum Gasteiger partial charge on any atom is -0.390 e. The normalized spacial score (nSPS) is 29.2. The summed E-state index contributed by atoms with van der Waals surface area (Å²) in [6.07, 6.45) is 6.30. The molecule has 1 aliphatic rings. The fourth-order valence-electron chi connectivity index (χ4n) is 3.20. The van der Waals surface area contributed by atoms with E-state index in [0.29, 0.717) is 5.41 Å². The van der Waals surface area contributed by atoms with Crippen LogP contribution in [0.4, 0.5) is 0 Å². The van der Waals surface area contributed by atoms with Gasteiger partial charge in [0.25, 0.3) is 0 Å². The molecule has 1 heterocycles. The molecule has 1 saturated carbocycles. The summed E-state index contributed by atoms with van der Waals surface area (Å²) in [7, 11) is 0. The molecule has 0 aromatic carbocycles. The minimum atomic E-state index is -0.482. The van der Waals surface area contributed by atoms with Gasteiger partial charge < -0.3 is 5.11 Å². The summed E-state index contributed by atoms with van der Waals surface area (Å²) in [5, 5.41) is 10.9. The minimum absolute atomic E-state index is 0.372. The average molecular weight is 345 g/mol. The van der Waals surface area contributed by atoms with Gasteiger partial charge in [0.15, 0.2) is 0 Å². The van der Waals surface area contributed by atoms with Gasteiger partial charge in [0.1, 0.15) is 0 Å². The van der Waals surface area contributed by atoms with E-state index in [-0.39, 0.29) is 0 Å². The standard InChI is InChI=1S/C16H25BrOS/c1-15(2,3)12-5-4-9-16(18,10-8-12)11-13-6-7-14(17)19-13/h6-7,12,18H,4-5,8-11H2,1-3H3. The van der Waals surface area contributed by atoms with Gasteiger partial charge in [-0.1, -0.05) is 27.2 Å². The van der Waals surface area contributed by atoms with E-state index in [9.17, 15) is 5.11 Å². The summed E-state index contributed by atoms with van der Waals surface area (Å²) < 4.78 is 1.16. The molecule has 1 fully saturated rings. The van der Waals surface area contributed by atoms with Crippen LogP contribution < -0.4 is 0 Å². The maximum atomic E-state index is 10.9. The van der Waals surface area contributed by atoms with Gasteiger partial charge in [-0.2, -0.15) is 0 Å². The van der Waals surface area contributed by atoms with Crippen molar-refractivity contribution in [2.24, 2.45) is 11.3 Å². The molecule has 1 N–H and O–H groups in total. The molecule has 0 saturated heterocycles. The van der Waals surface area contributed by atoms with Crippen molar-refractivity contribution >= 4 is 27.3 Å². The molecule has 0 amide bonds. The average Bonchev–Trinajstić information content (AvgIpc) is 2.56. The molecular weight excluding hydrogens is 320 g/mol. The molecule has 1 aromatic rings. The Morgan fingerprint density at radius 1 is 1.32 bits per heavy atom. The largest absolute Gasteiger partial charge is 0.390 e. The topological polar surface area (TPSA) is 20.2 Å². The zero-order valence-corrected chi connectivity index (χ0v) is 14.6. The van der Waals surface area contributed by atoms with Gasteiger partial charge in [-0.25, -0.2) is 0 Å². The fourth-order valence-corrected chi connectivity index (χ4v) is 4.82.